The van der Waals surface area contributed by atoms with Crippen molar-refractivity contribution in [1.29, 1.82) is 0 Å². The van der Waals surface area contributed by atoms with E-state index in [1.54, 1.807) is 19.2 Å². The van der Waals surface area contributed by atoms with E-state index in [1.165, 1.54) is 0 Å². The molecule has 2 aromatic rings. The van der Waals surface area contributed by atoms with Gasteiger partial charge in [0.05, 0.1) is 12.1 Å². The van der Waals surface area contributed by atoms with Crippen molar-refractivity contribution in [3.8, 4) is 0 Å². The summed E-state index contributed by atoms with van der Waals surface area (Å²) < 4.78 is 9.84. The van der Waals surface area contributed by atoms with Crippen LogP contribution in [0.4, 0.5) is 0 Å². The molecule has 0 fully saturated rings. The summed E-state index contributed by atoms with van der Waals surface area (Å²) in [7, 11) is 1.62. The lowest BCUT2D eigenvalue weighted by atomic mass is 10.2. The van der Waals surface area contributed by atoms with Crippen LogP contribution in [-0.2, 0) is 11.3 Å². The molecule has 1 heterocycles. The summed E-state index contributed by atoms with van der Waals surface area (Å²) in [6.07, 6.45) is 0. The summed E-state index contributed by atoms with van der Waals surface area (Å²) in [5.74, 6) is -0.426. The van der Waals surface area contributed by atoms with Gasteiger partial charge in [-0.25, -0.2) is 4.79 Å². The number of aromatic nitrogens is 1. The Morgan fingerprint density at radius 1 is 1.54 bits per heavy atom. The summed E-state index contributed by atoms with van der Waals surface area (Å²) >= 11 is 0. The number of rotatable bonds is 2. The van der Waals surface area contributed by atoms with Crippen molar-refractivity contribution in [1.82, 2.24) is 4.98 Å². The monoisotopic (exact) mass is 179 g/mol. The van der Waals surface area contributed by atoms with Crippen LogP contribution in [0.15, 0.2) is 27.4 Å². The molecular formula is C9H9NO3. The molecule has 0 bridgehead atoms. The number of benzene rings is 1. The highest BCUT2D eigenvalue weighted by Gasteiger charge is 2.01. The predicted octanol–water partition coefficient (Wildman–Crippen LogP) is 1.27. The highest BCUT2D eigenvalue weighted by atomic mass is 16.5. The third-order valence-electron chi connectivity index (χ3n) is 1.80. The number of hydrogen-bond acceptors (Lipinski definition) is 3. The smallest absolute Gasteiger partial charge is 0.408 e. The van der Waals surface area contributed by atoms with Gasteiger partial charge in [-0.2, -0.15) is 0 Å². The van der Waals surface area contributed by atoms with Gasteiger partial charge in [-0.1, -0.05) is 6.07 Å². The fraction of sp³-hybridized carbons (Fsp3) is 0.222. The first kappa shape index (κ1) is 8.07. The molecule has 2 rings (SSSR count). The quantitative estimate of drug-likeness (QED) is 0.755. The SMILES string of the molecule is COCc1ccc2[nH]c(=O)oc2c1. The Hall–Kier alpha value is -1.55. The van der Waals surface area contributed by atoms with Crippen LogP contribution >= 0.6 is 0 Å². The predicted molar refractivity (Wildman–Crippen MR) is 47.5 cm³/mol. The number of nitrogens with one attached hydrogen (secondary N) is 1. The molecule has 1 aromatic heterocycles. The van der Waals surface area contributed by atoms with Crippen molar-refractivity contribution in [3.05, 3.63) is 34.3 Å². The topological polar surface area (TPSA) is 55.2 Å². The van der Waals surface area contributed by atoms with Gasteiger partial charge in [0.1, 0.15) is 0 Å². The van der Waals surface area contributed by atoms with E-state index in [1.807, 2.05) is 6.07 Å². The van der Waals surface area contributed by atoms with Crippen molar-refractivity contribution in [2.24, 2.45) is 0 Å². The van der Waals surface area contributed by atoms with Crippen LogP contribution in [-0.4, -0.2) is 12.1 Å². The van der Waals surface area contributed by atoms with Crippen LogP contribution in [0.25, 0.3) is 11.1 Å². The number of aromatic amines is 1. The minimum absolute atomic E-state index is 0.426. The van der Waals surface area contributed by atoms with E-state index in [2.05, 4.69) is 4.98 Å². The van der Waals surface area contributed by atoms with E-state index in [9.17, 15) is 4.79 Å². The van der Waals surface area contributed by atoms with Crippen LogP contribution in [0.3, 0.4) is 0 Å². The van der Waals surface area contributed by atoms with Gasteiger partial charge in [-0.3, -0.25) is 4.98 Å². The minimum atomic E-state index is -0.426. The summed E-state index contributed by atoms with van der Waals surface area (Å²) in [4.78, 5) is 13.4. The van der Waals surface area contributed by atoms with Crippen molar-refractivity contribution in [2.75, 3.05) is 7.11 Å². The molecule has 0 saturated carbocycles. The zero-order valence-corrected chi connectivity index (χ0v) is 7.16. The second-order valence-corrected chi connectivity index (χ2v) is 2.78. The summed E-state index contributed by atoms with van der Waals surface area (Å²) in [5, 5.41) is 0. The van der Waals surface area contributed by atoms with Crippen molar-refractivity contribution in [3.63, 3.8) is 0 Å². The van der Waals surface area contributed by atoms with Crippen molar-refractivity contribution < 1.29 is 9.15 Å². The first-order chi connectivity index (χ1) is 6.29. The molecule has 4 nitrogen and oxygen atoms in total. The van der Waals surface area contributed by atoms with Crippen molar-refractivity contribution in [2.45, 2.75) is 6.61 Å². The van der Waals surface area contributed by atoms with Gasteiger partial charge in [-0.15, -0.1) is 0 Å². The van der Waals surface area contributed by atoms with Gasteiger partial charge in [-0.05, 0) is 17.7 Å². The van der Waals surface area contributed by atoms with Crippen LogP contribution < -0.4 is 5.76 Å². The van der Waals surface area contributed by atoms with Crippen LogP contribution in [0.5, 0.6) is 0 Å². The van der Waals surface area contributed by atoms with E-state index in [-0.39, 0.29) is 0 Å². The maximum Gasteiger partial charge on any atom is 0.417 e. The number of fused-ring (bicyclic) bond motifs is 1. The number of hydrogen-bond donors (Lipinski definition) is 1. The molecule has 0 aliphatic rings. The molecule has 4 heteroatoms. The van der Waals surface area contributed by atoms with Crippen LogP contribution in [0.1, 0.15) is 5.56 Å². The Kier molecular flexibility index (Phi) is 1.90. The third-order valence-corrected chi connectivity index (χ3v) is 1.80. The van der Waals surface area contributed by atoms with Gasteiger partial charge in [0, 0.05) is 7.11 Å². The molecule has 1 aromatic carbocycles. The first-order valence-electron chi connectivity index (χ1n) is 3.90. The van der Waals surface area contributed by atoms with Crippen molar-refractivity contribution >= 4 is 11.1 Å². The van der Waals surface area contributed by atoms with E-state index in [0.717, 1.165) is 5.56 Å². The Labute approximate surface area is 74.1 Å². The number of oxazole rings is 1. The van der Waals surface area contributed by atoms with E-state index in [0.29, 0.717) is 17.7 Å². The average molecular weight is 179 g/mol. The molecule has 68 valence electrons. The fourth-order valence-electron chi connectivity index (χ4n) is 1.25. The lowest BCUT2D eigenvalue weighted by molar-refractivity contribution is 0.185. The van der Waals surface area contributed by atoms with Gasteiger partial charge in [0.15, 0.2) is 5.58 Å². The zero-order chi connectivity index (χ0) is 9.26. The molecule has 0 unspecified atom stereocenters. The Morgan fingerprint density at radius 3 is 3.15 bits per heavy atom. The van der Waals surface area contributed by atoms with E-state index >= 15 is 0 Å². The number of H-pyrrole nitrogens is 1. The molecule has 0 radical (unpaired) electrons. The van der Waals surface area contributed by atoms with Gasteiger partial charge in [0.25, 0.3) is 0 Å². The Morgan fingerprint density at radius 2 is 2.38 bits per heavy atom. The van der Waals surface area contributed by atoms with Crippen LogP contribution in [0, 0.1) is 0 Å². The molecule has 0 spiro atoms. The summed E-state index contributed by atoms with van der Waals surface area (Å²) in [5.41, 5.74) is 2.27. The standard InChI is InChI=1S/C9H9NO3/c1-12-5-6-2-3-7-8(4-6)13-9(11)10-7/h2-4H,5H2,1H3,(H,10,11). The number of ether oxygens (including phenoxy) is 1. The molecule has 0 saturated heterocycles. The minimum Gasteiger partial charge on any atom is -0.408 e. The molecule has 1 N–H and O–H groups in total. The lowest BCUT2D eigenvalue weighted by Crippen LogP contribution is -1.92. The number of methoxy groups -OCH3 is 1. The molecule has 0 amide bonds. The third kappa shape index (κ3) is 1.48. The second-order valence-electron chi connectivity index (χ2n) is 2.78. The lowest BCUT2D eigenvalue weighted by Gasteiger charge is -1.97. The molecule has 0 aliphatic heterocycles. The molecule has 0 aliphatic carbocycles. The molecule has 0 atom stereocenters. The van der Waals surface area contributed by atoms with Gasteiger partial charge >= 0.3 is 5.76 Å². The second kappa shape index (κ2) is 3.06. The van der Waals surface area contributed by atoms with Crippen LogP contribution in [0.2, 0.25) is 0 Å². The molecular weight excluding hydrogens is 170 g/mol. The van der Waals surface area contributed by atoms with E-state index < -0.39 is 5.76 Å². The first-order valence-corrected chi connectivity index (χ1v) is 3.90. The fourth-order valence-corrected chi connectivity index (χ4v) is 1.25. The van der Waals surface area contributed by atoms with Gasteiger partial charge in [0.2, 0.25) is 0 Å². The van der Waals surface area contributed by atoms with Gasteiger partial charge < -0.3 is 9.15 Å². The summed E-state index contributed by atoms with van der Waals surface area (Å²) in [6.45, 7) is 0.519. The largest absolute Gasteiger partial charge is 0.417 e. The highest BCUT2D eigenvalue weighted by Crippen LogP contribution is 2.12. The maximum atomic E-state index is 10.8. The molecule has 13 heavy (non-hydrogen) atoms. The van der Waals surface area contributed by atoms with E-state index in [4.69, 9.17) is 9.15 Å². The summed E-state index contributed by atoms with van der Waals surface area (Å²) in [6, 6.07) is 5.47. The maximum absolute atomic E-state index is 10.8. The zero-order valence-electron chi connectivity index (χ0n) is 7.16. The average Bonchev–Trinajstić information content (AvgIpc) is 2.44. The highest BCUT2D eigenvalue weighted by molar-refractivity contribution is 5.72. The Balaban J connectivity index is 2.54. The Bertz CT molecular complexity index is 469. The normalized spacial score (nSPS) is 10.8.